The zero-order chi connectivity index (χ0) is 24.1. The highest BCUT2D eigenvalue weighted by Crippen LogP contribution is 2.43. The summed E-state index contributed by atoms with van der Waals surface area (Å²) in [6.07, 6.45) is 1.65. The molecule has 1 saturated heterocycles. The van der Waals surface area contributed by atoms with E-state index in [-0.39, 0.29) is 5.91 Å². The van der Waals surface area contributed by atoms with E-state index < -0.39 is 26.6 Å². The summed E-state index contributed by atoms with van der Waals surface area (Å²) in [5.74, 6) is -0.193. The number of hydrogen-bond acceptors (Lipinski definition) is 6. The normalized spacial score (nSPS) is 22.1. The molecule has 8 nitrogen and oxygen atoms in total. The number of amides is 1. The van der Waals surface area contributed by atoms with Crippen LogP contribution in [0.1, 0.15) is 44.4 Å². The van der Waals surface area contributed by atoms with Gasteiger partial charge in [-0.3, -0.25) is 14.4 Å². The molecule has 182 valence electrons. The lowest BCUT2D eigenvalue weighted by Gasteiger charge is -2.38. The van der Waals surface area contributed by atoms with Crippen molar-refractivity contribution in [1.82, 2.24) is 9.80 Å². The fourth-order valence-electron chi connectivity index (χ4n) is 4.34. The molecule has 3 fully saturated rings. The van der Waals surface area contributed by atoms with E-state index in [1.165, 1.54) is 0 Å². The zero-order valence-electron chi connectivity index (χ0n) is 19.3. The molecule has 5 rings (SSSR count). The van der Waals surface area contributed by atoms with Gasteiger partial charge in [0.15, 0.2) is 0 Å². The molecular formula is C25H31N3O5S. The topological polar surface area (TPSA) is 110 Å². The average Bonchev–Trinajstić information content (AvgIpc) is 3.77. The SMILES string of the molecule is CC1(S(=O)(=O)Nc2cccc(-c3ccc(C(O)N4CCN(C(=O)C5(O)CC5)CC4)cc3)c2)CC1. The number of anilines is 1. The molecule has 1 unspecified atom stereocenters. The van der Waals surface area contributed by atoms with Gasteiger partial charge in [0.2, 0.25) is 10.0 Å². The Morgan fingerprint density at radius 1 is 0.971 bits per heavy atom. The van der Waals surface area contributed by atoms with E-state index in [0.29, 0.717) is 57.5 Å². The van der Waals surface area contributed by atoms with Crippen LogP contribution in [0.5, 0.6) is 0 Å². The third-order valence-corrected chi connectivity index (χ3v) is 9.54. The molecule has 2 aliphatic carbocycles. The lowest BCUT2D eigenvalue weighted by molar-refractivity contribution is -0.146. The van der Waals surface area contributed by atoms with Gasteiger partial charge in [-0.15, -0.1) is 0 Å². The highest BCUT2D eigenvalue weighted by molar-refractivity contribution is 7.94. The molecule has 34 heavy (non-hydrogen) atoms. The Kier molecular flexibility index (Phi) is 5.71. The molecule has 1 amide bonds. The van der Waals surface area contributed by atoms with E-state index >= 15 is 0 Å². The molecular weight excluding hydrogens is 454 g/mol. The van der Waals surface area contributed by atoms with Crippen LogP contribution in [0, 0.1) is 0 Å². The second-order valence-electron chi connectivity index (χ2n) is 9.99. The predicted molar refractivity (Wildman–Crippen MR) is 129 cm³/mol. The van der Waals surface area contributed by atoms with Crippen molar-refractivity contribution >= 4 is 21.6 Å². The number of hydrogen-bond donors (Lipinski definition) is 3. The average molecular weight is 486 g/mol. The van der Waals surface area contributed by atoms with Crippen LogP contribution in [-0.2, 0) is 14.8 Å². The first kappa shape index (κ1) is 23.3. The predicted octanol–water partition coefficient (Wildman–Crippen LogP) is 2.31. The quantitative estimate of drug-likeness (QED) is 0.555. The molecule has 0 spiro atoms. The van der Waals surface area contributed by atoms with Gasteiger partial charge < -0.3 is 15.1 Å². The van der Waals surface area contributed by atoms with Gasteiger partial charge in [-0.2, -0.15) is 0 Å². The summed E-state index contributed by atoms with van der Waals surface area (Å²) in [5, 5.41) is 20.9. The smallest absolute Gasteiger partial charge is 0.254 e. The molecule has 3 aliphatic rings. The number of sulfonamides is 1. The van der Waals surface area contributed by atoms with Crippen LogP contribution in [0.2, 0.25) is 0 Å². The molecule has 0 radical (unpaired) electrons. The fourth-order valence-corrected chi connectivity index (χ4v) is 5.66. The van der Waals surface area contributed by atoms with Crippen molar-refractivity contribution in [1.29, 1.82) is 0 Å². The van der Waals surface area contributed by atoms with Gasteiger partial charge in [0.05, 0.1) is 4.75 Å². The van der Waals surface area contributed by atoms with E-state index in [1.54, 1.807) is 17.9 Å². The first-order valence-corrected chi connectivity index (χ1v) is 13.3. The minimum Gasteiger partial charge on any atom is -0.380 e. The van der Waals surface area contributed by atoms with Gasteiger partial charge in [-0.1, -0.05) is 36.4 Å². The number of carbonyl (C=O) groups is 1. The summed E-state index contributed by atoms with van der Waals surface area (Å²) in [6, 6.07) is 14.9. The largest absolute Gasteiger partial charge is 0.380 e. The number of aliphatic hydroxyl groups is 2. The second kappa shape index (κ2) is 8.34. The third kappa shape index (κ3) is 4.45. The van der Waals surface area contributed by atoms with Crippen LogP contribution in [0.25, 0.3) is 11.1 Å². The minimum atomic E-state index is -3.41. The Bertz CT molecular complexity index is 1180. The van der Waals surface area contributed by atoms with Crippen molar-refractivity contribution in [2.24, 2.45) is 0 Å². The van der Waals surface area contributed by atoms with Crippen molar-refractivity contribution in [3.8, 4) is 11.1 Å². The molecule has 3 N–H and O–H groups in total. The standard InChI is InChI=1S/C25H31N3O5S/c1-24(9-10-24)34(32,33)26-21-4-2-3-20(17-21)18-5-7-19(8-6-18)22(29)27-13-15-28(16-14-27)23(30)25(31)11-12-25/h2-8,17,22,26,29,31H,9-16H2,1H3. The van der Waals surface area contributed by atoms with Crippen LogP contribution in [0.3, 0.4) is 0 Å². The number of benzene rings is 2. The van der Waals surface area contributed by atoms with Crippen molar-refractivity contribution < 1.29 is 23.4 Å². The minimum absolute atomic E-state index is 0.193. The van der Waals surface area contributed by atoms with Crippen molar-refractivity contribution in [3.05, 3.63) is 54.1 Å². The Labute approximate surface area is 200 Å². The third-order valence-electron chi connectivity index (χ3n) is 7.33. The molecule has 0 bridgehead atoms. The summed E-state index contributed by atoms with van der Waals surface area (Å²) in [5.41, 5.74) is 1.94. The molecule has 2 aromatic carbocycles. The molecule has 2 saturated carbocycles. The number of carbonyl (C=O) groups excluding carboxylic acids is 1. The summed E-state index contributed by atoms with van der Waals surface area (Å²) < 4.78 is 27.1. The molecule has 1 heterocycles. The monoisotopic (exact) mass is 485 g/mol. The number of nitrogens with zero attached hydrogens (tertiary/aromatic N) is 2. The van der Waals surface area contributed by atoms with Gasteiger partial charge >= 0.3 is 0 Å². The first-order chi connectivity index (χ1) is 16.1. The Balaban J connectivity index is 1.22. The maximum absolute atomic E-state index is 12.5. The van der Waals surface area contributed by atoms with Crippen molar-refractivity contribution in [2.75, 3.05) is 30.9 Å². The highest BCUT2D eigenvalue weighted by Gasteiger charge is 2.51. The summed E-state index contributed by atoms with van der Waals surface area (Å²) in [7, 11) is -3.41. The fraction of sp³-hybridized carbons (Fsp3) is 0.480. The van der Waals surface area contributed by atoms with Crippen LogP contribution in [-0.4, -0.2) is 70.9 Å². The van der Waals surface area contributed by atoms with E-state index in [2.05, 4.69) is 4.72 Å². The molecule has 0 aromatic heterocycles. The first-order valence-electron chi connectivity index (χ1n) is 11.8. The van der Waals surface area contributed by atoms with Crippen LogP contribution in [0.15, 0.2) is 48.5 Å². The molecule has 9 heteroatoms. The van der Waals surface area contributed by atoms with E-state index in [4.69, 9.17) is 0 Å². The summed E-state index contributed by atoms with van der Waals surface area (Å²) in [6.45, 7) is 3.80. The van der Waals surface area contributed by atoms with Gasteiger partial charge in [0.25, 0.3) is 5.91 Å². The Morgan fingerprint density at radius 2 is 1.62 bits per heavy atom. The lowest BCUT2D eigenvalue weighted by atomic mass is 10.0. The van der Waals surface area contributed by atoms with Crippen molar-refractivity contribution in [2.45, 2.75) is 49.2 Å². The Hall–Kier alpha value is -2.46. The molecule has 1 aliphatic heterocycles. The Morgan fingerprint density at radius 3 is 2.21 bits per heavy atom. The van der Waals surface area contributed by atoms with E-state index in [1.807, 2.05) is 47.4 Å². The number of piperazine rings is 1. The van der Waals surface area contributed by atoms with Gasteiger partial charge in [-0.25, -0.2) is 8.42 Å². The second-order valence-corrected chi connectivity index (χ2v) is 12.2. The number of aliphatic hydroxyl groups excluding tert-OH is 1. The van der Waals surface area contributed by atoms with E-state index in [9.17, 15) is 23.4 Å². The van der Waals surface area contributed by atoms with Gasteiger partial charge in [-0.05, 0) is 61.4 Å². The summed E-state index contributed by atoms with van der Waals surface area (Å²) >= 11 is 0. The maximum Gasteiger partial charge on any atom is 0.254 e. The highest BCUT2D eigenvalue weighted by atomic mass is 32.2. The number of nitrogens with one attached hydrogen (secondary N) is 1. The van der Waals surface area contributed by atoms with Gasteiger partial charge in [0.1, 0.15) is 11.8 Å². The van der Waals surface area contributed by atoms with Crippen LogP contribution < -0.4 is 4.72 Å². The van der Waals surface area contributed by atoms with Gasteiger partial charge in [0, 0.05) is 31.9 Å². The maximum atomic E-state index is 12.5. The lowest BCUT2D eigenvalue weighted by Crippen LogP contribution is -2.52. The molecule has 2 aromatic rings. The van der Waals surface area contributed by atoms with Crippen molar-refractivity contribution in [3.63, 3.8) is 0 Å². The van der Waals surface area contributed by atoms with Crippen LogP contribution in [0.4, 0.5) is 5.69 Å². The van der Waals surface area contributed by atoms with Crippen LogP contribution >= 0.6 is 0 Å². The van der Waals surface area contributed by atoms with E-state index in [0.717, 1.165) is 16.7 Å². The summed E-state index contributed by atoms with van der Waals surface area (Å²) in [4.78, 5) is 15.9. The zero-order valence-corrected chi connectivity index (χ0v) is 20.1. The number of rotatable bonds is 7. The molecule has 1 atom stereocenters.